The van der Waals surface area contributed by atoms with Gasteiger partial charge >= 0.3 is 0 Å². The summed E-state index contributed by atoms with van der Waals surface area (Å²) in [5.74, 6) is 0.367. The Bertz CT molecular complexity index is 486. The van der Waals surface area contributed by atoms with Crippen LogP contribution in [-0.2, 0) is 4.79 Å². The predicted octanol–water partition coefficient (Wildman–Crippen LogP) is 1.29. The summed E-state index contributed by atoms with van der Waals surface area (Å²) in [7, 11) is 0. The number of amides is 1. The lowest BCUT2D eigenvalue weighted by atomic mass is 9.90. The van der Waals surface area contributed by atoms with Crippen LogP contribution < -0.4 is 16.0 Å². The first-order valence-electron chi connectivity index (χ1n) is 6.58. The van der Waals surface area contributed by atoms with Gasteiger partial charge in [-0.05, 0) is 37.5 Å². The van der Waals surface area contributed by atoms with E-state index in [0.717, 1.165) is 37.2 Å². The van der Waals surface area contributed by atoms with Crippen molar-refractivity contribution in [3.05, 3.63) is 23.8 Å². The third-order valence-electron chi connectivity index (χ3n) is 4.26. The highest BCUT2D eigenvalue weighted by atomic mass is 16.2. The zero-order valence-corrected chi connectivity index (χ0v) is 10.6. The molecule has 3 rings (SSSR count). The van der Waals surface area contributed by atoms with Gasteiger partial charge in [-0.25, -0.2) is 0 Å². The first kappa shape index (κ1) is 11.4. The molecule has 1 aromatic rings. The number of carbonyl (C=O) groups is 1. The van der Waals surface area contributed by atoms with Crippen molar-refractivity contribution in [2.45, 2.75) is 25.8 Å². The van der Waals surface area contributed by atoms with Crippen LogP contribution in [0.5, 0.6) is 0 Å². The zero-order chi connectivity index (χ0) is 12.7. The molecule has 2 atom stereocenters. The third kappa shape index (κ3) is 1.64. The van der Waals surface area contributed by atoms with Crippen molar-refractivity contribution in [3.8, 4) is 0 Å². The van der Waals surface area contributed by atoms with E-state index in [9.17, 15) is 4.79 Å². The highest BCUT2D eigenvalue weighted by Gasteiger charge is 2.41. The summed E-state index contributed by atoms with van der Waals surface area (Å²) >= 11 is 0. The zero-order valence-electron chi connectivity index (χ0n) is 10.6. The molecule has 0 saturated carbocycles. The number of anilines is 2. The number of nitrogens with one attached hydrogen (secondary N) is 1. The van der Waals surface area contributed by atoms with Crippen molar-refractivity contribution in [1.82, 2.24) is 5.32 Å². The molecular weight excluding hydrogens is 226 g/mol. The van der Waals surface area contributed by atoms with Gasteiger partial charge in [-0.1, -0.05) is 6.07 Å². The molecule has 2 fully saturated rings. The van der Waals surface area contributed by atoms with E-state index in [2.05, 4.69) is 23.2 Å². The van der Waals surface area contributed by atoms with Crippen molar-refractivity contribution < 1.29 is 4.79 Å². The van der Waals surface area contributed by atoms with Crippen LogP contribution in [0.4, 0.5) is 11.4 Å². The molecule has 4 nitrogen and oxygen atoms in total. The van der Waals surface area contributed by atoms with Crippen molar-refractivity contribution in [3.63, 3.8) is 0 Å². The number of carbonyl (C=O) groups excluding carboxylic acids is 1. The second-order valence-electron chi connectivity index (χ2n) is 5.25. The first-order valence-corrected chi connectivity index (χ1v) is 6.58. The van der Waals surface area contributed by atoms with Gasteiger partial charge < -0.3 is 16.0 Å². The molecule has 0 radical (unpaired) electrons. The van der Waals surface area contributed by atoms with Gasteiger partial charge in [0.1, 0.15) is 0 Å². The molecule has 4 heteroatoms. The van der Waals surface area contributed by atoms with E-state index in [0.29, 0.717) is 6.04 Å². The maximum Gasteiger partial charge on any atom is 0.225 e. The van der Waals surface area contributed by atoms with Crippen LogP contribution in [0.1, 0.15) is 18.4 Å². The Hall–Kier alpha value is -1.71. The Morgan fingerprint density at radius 2 is 2.28 bits per heavy atom. The molecule has 96 valence electrons. The van der Waals surface area contributed by atoms with Crippen LogP contribution >= 0.6 is 0 Å². The fourth-order valence-corrected chi connectivity index (χ4v) is 3.20. The van der Waals surface area contributed by atoms with Crippen LogP contribution in [0.25, 0.3) is 0 Å². The van der Waals surface area contributed by atoms with E-state index in [1.54, 1.807) is 0 Å². The molecule has 0 aliphatic carbocycles. The smallest absolute Gasteiger partial charge is 0.225 e. The Morgan fingerprint density at radius 1 is 1.44 bits per heavy atom. The Kier molecular flexibility index (Phi) is 2.65. The van der Waals surface area contributed by atoms with Crippen molar-refractivity contribution in [2.24, 2.45) is 5.92 Å². The number of nitrogens with two attached hydrogens (primary N) is 1. The van der Waals surface area contributed by atoms with E-state index in [1.165, 1.54) is 5.69 Å². The van der Waals surface area contributed by atoms with Gasteiger partial charge in [0.05, 0.1) is 12.0 Å². The summed E-state index contributed by atoms with van der Waals surface area (Å²) in [5, 5.41) is 2.98. The van der Waals surface area contributed by atoms with Gasteiger partial charge in [0.15, 0.2) is 0 Å². The number of hydrogen-bond donors (Lipinski definition) is 2. The topological polar surface area (TPSA) is 58.4 Å². The van der Waals surface area contributed by atoms with Crippen molar-refractivity contribution >= 4 is 17.3 Å². The highest BCUT2D eigenvalue weighted by molar-refractivity contribution is 5.83. The number of fused-ring (bicyclic) bond motifs is 1. The molecule has 2 saturated heterocycles. The largest absolute Gasteiger partial charge is 0.398 e. The number of nitrogen functional groups attached to an aromatic ring is 1. The first-order chi connectivity index (χ1) is 8.68. The second-order valence-corrected chi connectivity index (χ2v) is 5.25. The monoisotopic (exact) mass is 245 g/mol. The third-order valence-corrected chi connectivity index (χ3v) is 4.26. The van der Waals surface area contributed by atoms with Crippen molar-refractivity contribution in [2.75, 3.05) is 23.7 Å². The van der Waals surface area contributed by atoms with Crippen LogP contribution in [-0.4, -0.2) is 25.0 Å². The molecule has 18 heavy (non-hydrogen) atoms. The molecule has 0 spiro atoms. The van der Waals surface area contributed by atoms with E-state index in [4.69, 9.17) is 5.73 Å². The van der Waals surface area contributed by atoms with Gasteiger partial charge in [-0.3, -0.25) is 4.79 Å². The maximum atomic E-state index is 11.8. The minimum atomic E-state index is 0.152. The predicted molar refractivity (Wildman–Crippen MR) is 72.5 cm³/mol. The van der Waals surface area contributed by atoms with Gasteiger partial charge in [-0.15, -0.1) is 0 Å². The summed E-state index contributed by atoms with van der Waals surface area (Å²) in [6.07, 6.45) is 2.08. The number of piperidine rings is 1. The summed E-state index contributed by atoms with van der Waals surface area (Å²) in [4.78, 5) is 14.1. The minimum Gasteiger partial charge on any atom is -0.398 e. The summed E-state index contributed by atoms with van der Waals surface area (Å²) in [6, 6.07) is 6.33. The lowest BCUT2D eigenvalue weighted by Crippen LogP contribution is -2.46. The van der Waals surface area contributed by atoms with E-state index in [-0.39, 0.29) is 11.8 Å². The van der Waals surface area contributed by atoms with E-state index < -0.39 is 0 Å². The van der Waals surface area contributed by atoms with Crippen LogP contribution in [0.3, 0.4) is 0 Å². The normalized spacial score (nSPS) is 26.9. The highest BCUT2D eigenvalue weighted by Crippen LogP contribution is 2.34. The maximum absolute atomic E-state index is 11.8. The summed E-state index contributed by atoms with van der Waals surface area (Å²) in [6.45, 7) is 3.83. The average Bonchev–Trinajstić information content (AvgIpc) is 2.75. The van der Waals surface area contributed by atoms with Crippen molar-refractivity contribution in [1.29, 1.82) is 0 Å². The van der Waals surface area contributed by atoms with Gasteiger partial charge in [0.2, 0.25) is 5.91 Å². The second kappa shape index (κ2) is 4.19. The minimum absolute atomic E-state index is 0.152. The summed E-state index contributed by atoms with van der Waals surface area (Å²) < 4.78 is 0. The van der Waals surface area contributed by atoms with E-state index >= 15 is 0 Å². The average molecular weight is 245 g/mol. The fraction of sp³-hybridized carbons (Fsp3) is 0.500. The van der Waals surface area contributed by atoms with Gasteiger partial charge in [-0.2, -0.15) is 0 Å². The van der Waals surface area contributed by atoms with Crippen LogP contribution in [0, 0.1) is 12.8 Å². The van der Waals surface area contributed by atoms with Gasteiger partial charge in [0.25, 0.3) is 0 Å². The number of rotatable bonds is 1. The molecule has 0 bridgehead atoms. The lowest BCUT2D eigenvalue weighted by Gasteiger charge is -2.38. The number of benzene rings is 1. The molecule has 2 aliphatic heterocycles. The number of nitrogens with zero attached hydrogens (tertiary/aromatic N) is 1. The Balaban J connectivity index is 1.96. The molecule has 1 aromatic carbocycles. The van der Waals surface area contributed by atoms with Gasteiger partial charge in [0, 0.05) is 24.5 Å². The SMILES string of the molecule is Cc1c(N)cccc1N1CCCC2C(=O)NCC21. The summed E-state index contributed by atoms with van der Waals surface area (Å²) in [5.41, 5.74) is 9.11. The van der Waals surface area contributed by atoms with Crippen LogP contribution in [0.15, 0.2) is 18.2 Å². The van der Waals surface area contributed by atoms with Crippen LogP contribution in [0.2, 0.25) is 0 Å². The standard InChI is InChI=1S/C14H19N3O/c1-9-11(15)5-2-6-12(9)17-7-3-4-10-13(17)8-16-14(10)18/h2,5-6,10,13H,3-4,7-8,15H2,1H3,(H,16,18). The molecular formula is C14H19N3O. The quantitative estimate of drug-likeness (QED) is 0.733. The molecule has 0 aromatic heterocycles. The molecule has 2 unspecified atom stereocenters. The molecule has 2 heterocycles. The Morgan fingerprint density at radius 3 is 3.11 bits per heavy atom. The Labute approximate surface area is 107 Å². The molecule has 1 amide bonds. The van der Waals surface area contributed by atoms with E-state index in [1.807, 2.05) is 12.1 Å². The number of hydrogen-bond acceptors (Lipinski definition) is 3. The molecule has 2 aliphatic rings. The molecule has 3 N–H and O–H groups in total. The fourth-order valence-electron chi connectivity index (χ4n) is 3.20. The lowest BCUT2D eigenvalue weighted by molar-refractivity contribution is -0.122.